The van der Waals surface area contributed by atoms with Gasteiger partial charge in [-0.1, -0.05) is 32.9 Å². The van der Waals surface area contributed by atoms with Crippen LogP contribution in [0.15, 0.2) is 42.5 Å². The van der Waals surface area contributed by atoms with Crippen molar-refractivity contribution in [1.82, 2.24) is 9.55 Å². The Hall–Kier alpha value is -2.36. The van der Waals surface area contributed by atoms with E-state index in [1.54, 1.807) is 6.07 Å². The number of hydrogen-bond donors (Lipinski definition) is 1. The fourth-order valence-corrected chi connectivity index (χ4v) is 2.45. The van der Waals surface area contributed by atoms with E-state index in [1.165, 1.54) is 17.7 Å². The molecule has 0 saturated heterocycles. The zero-order valence-corrected chi connectivity index (χ0v) is 12.4. The minimum atomic E-state index is -0.310. The number of imidazole rings is 1. The van der Waals surface area contributed by atoms with Crippen LogP contribution in [0.1, 0.15) is 26.3 Å². The van der Waals surface area contributed by atoms with Crippen LogP contribution in [0.25, 0.3) is 16.7 Å². The van der Waals surface area contributed by atoms with Gasteiger partial charge in [0.2, 0.25) is 5.95 Å². The van der Waals surface area contributed by atoms with E-state index in [1.807, 2.05) is 16.7 Å². The van der Waals surface area contributed by atoms with Crippen LogP contribution in [0.3, 0.4) is 0 Å². The first-order valence-electron chi connectivity index (χ1n) is 6.91. The van der Waals surface area contributed by atoms with Crippen molar-refractivity contribution < 1.29 is 4.39 Å². The molecule has 21 heavy (non-hydrogen) atoms. The molecule has 3 rings (SSSR count). The topological polar surface area (TPSA) is 43.8 Å². The number of halogens is 1. The third-order valence-corrected chi connectivity index (χ3v) is 3.63. The maximum absolute atomic E-state index is 13.3. The molecule has 1 heterocycles. The molecule has 2 aromatic carbocycles. The van der Waals surface area contributed by atoms with Crippen molar-refractivity contribution in [3.63, 3.8) is 0 Å². The molecule has 0 unspecified atom stereocenters. The minimum Gasteiger partial charge on any atom is -0.369 e. The van der Waals surface area contributed by atoms with Crippen LogP contribution in [-0.4, -0.2) is 9.55 Å². The fourth-order valence-electron chi connectivity index (χ4n) is 2.45. The normalized spacial score (nSPS) is 12.0. The molecular formula is C17H18FN3. The lowest BCUT2D eigenvalue weighted by Gasteiger charge is -2.19. The molecule has 0 spiro atoms. The van der Waals surface area contributed by atoms with E-state index >= 15 is 0 Å². The van der Waals surface area contributed by atoms with Gasteiger partial charge in [-0.2, -0.15) is 0 Å². The molecule has 0 aliphatic rings. The smallest absolute Gasteiger partial charge is 0.205 e. The second-order valence-corrected chi connectivity index (χ2v) is 6.24. The van der Waals surface area contributed by atoms with Gasteiger partial charge in [0.25, 0.3) is 0 Å². The van der Waals surface area contributed by atoms with Crippen LogP contribution < -0.4 is 5.73 Å². The fraction of sp³-hybridized carbons (Fsp3) is 0.235. The third-order valence-electron chi connectivity index (χ3n) is 3.63. The molecule has 4 heteroatoms. The Bertz CT molecular complexity index is 795. The number of hydrogen-bond acceptors (Lipinski definition) is 2. The largest absolute Gasteiger partial charge is 0.369 e. The van der Waals surface area contributed by atoms with Gasteiger partial charge in [0.05, 0.1) is 11.0 Å². The van der Waals surface area contributed by atoms with Gasteiger partial charge in [-0.25, -0.2) is 9.37 Å². The molecule has 0 amide bonds. The summed E-state index contributed by atoms with van der Waals surface area (Å²) in [7, 11) is 0. The quantitative estimate of drug-likeness (QED) is 0.732. The zero-order valence-electron chi connectivity index (χ0n) is 12.4. The van der Waals surface area contributed by atoms with Crippen molar-refractivity contribution in [2.75, 3.05) is 5.73 Å². The van der Waals surface area contributed by atoms with Gasteiger partial charge >= 0.3 is 0 Å². The Balaban J connectivity index is 2.14. The van der Waals surface area contributed by atoms with Crippen molar-refractivity contribution in [3.8, 4) is 5.69 Å². The summed E-state index contributed by atoms with van der Waals surface area (Å²) >= 11 is 0. The van der Waals surface area contributed by atoms with Crippen LogP contribution in [0, 0.1) is 5.82 Å². The van der Waals surface area contributed by atoms with Crippen molar-refractivity contribution in [2.24, 2.45) is 0 Å². The molecule has 0 atom stereocenters. The third kappa shape index (κ3) is 2.37. The van der Waals surface area contributed by atoms with Crippen LogP contribution in [-0.2, 0) is 5.41 Å². The minimum absolute atomic E-state index is 0.101. The predicted molar refractivity (Wildman–Crippen MR) is 84.1 cm³/mol. The second kappa shape index (κ2) is 4.58. The molecule has 1 aromatic heterocycles. The number of fused-ring (bicyclic) bond motifs is 1. The molecular weight excluding hydrogens is 265 g/mol. The molecule has 0 aliphatic heterocycles. The van der Waals surface area contributed by atoms with Gasteiger partial charge in [-0.15, -0.1) is 0 Å². The Kier molecular flexibility index (Phi) is 2.97. The molecule has 2 N–H and O–H groups in total. The first-order valence-corrected chi connectivity index (χ1v) is 6.91. The van der Waals surface area contributed by atoms with E-state index in [4.69, 9.17) is 5.73 Å². The summed E-state index contributed by atoms with van der Waals surface area (Å²) in [5.74, 6) is 0.0503. The molecule has 0 radical (unpaired) electrons. The highest BCUT2D eigenvalue weighted by atomic mass is 19.1. The molecule has 0 bridgehead atoms. The number of nitrogens with two attached hydrogens (primary N) is 1. The monoisotopic (exact) mass is 283 g/mol. The van der Waals surface area contributed by atoms with Crippen LogP contribution in [0.5, 0.6) is 0 Å². The van der Waals surface area contributed by atoms with Crippen molar-refractivity contribution in [3.05, 3.63) is 53.8 Å². The maximum atomic E-state index is 13.3. The van der Waals surface area contributed by atoms with E-state index < -0.39 is 0 Å². The van der Waals surface area contributed by atoms with Crippen molar-refractivity contribution in [2.45, 2.75) is 26.2 Å². The summed E-state index contributed by atoms with van der Waals surface area (Å²) in [5, 5.41) is 0. The summed E-state index contributed by atoms with van der Waals surface area (Å²) in [6, 6.07) is 12.7. The lowest BCUT2D eigenvalue weighted by molar-refractivity contribution is 0.590. The highest BCUT2D eigenvalue weighted by molar-refractivity contribution is 5.80. The standard InChI is InChI=1S/C17H18FN3/c1-17(2,3)11-4-7-13(8-5-11)21-15-9-6-12(18)10-14(15)20-16(21)19/h4-10H,1-3H3,(H2,19,20). The number of aromatic nitrogens is 2. The number of nitrogen functional groups attached to an aromatic ring is 1. The SMILES string of the molecule is CC(C)(C)c1ccc(-n2c(N)nc3cc(F)ccc32)cc1. The van der Waals surface area contributed by atoms with Crippen molar-refractivity contribution in [1.29, 1.82) is 0 Å². The van der Waals surface area contributed by atoms with E-state index in [0.29, 0.717) is 11.5 Å². The highest BCUT2D eigenvalue weighted by Crippen LogP contribution is 2.27. The van der Waals surface area contributed by atoms with Crippen molar-refractivity contribution >= 4 is 17.0 Å². The zero-order chi connectivity index (χ0) is 15.2. The maximum Gasteiger partial charge on any atom is 0.205 e. The molecule has 0 fully saturated rings. The Labute approximate surface area is 123 Å². The van der Waals surface area contributed by atoms with E-state index in [0.717, 1.165) is 11.2 Å². The molecule has 0 saturated carbocycles. The second-order valence-electron chi connectivity index (χ2n) is 6.24. The lowest BCUT2D eigenvalue weighted by Crippen LogP contribution is -2.11. The molecule has 3 aromatic rings. The van der Waals surface area contributed by atoms with Gasteiger partial charge < -0.3 is 5.73 Å². The van der Waals surface area contributed by atoms with Gasteiger partial charge in [0.15, 0.2) is 0 Å². The van der Waals surface area contributed by atoms with E-state index in [-0.39, 0.29) is 11.2 Å². The average Bonchev–Trinajstić information content (AvgIpc) is 2.73. The Morgan fingerprint density at radius 3 is 2.33 bits per heavy atom. The highest BCUT2D eigenvalue weighted by Gasteiger charge is 2.15. The van der Waals surface area contributed by atoms with E-state index in [9.17, 15) is 4.39 Å². The average molecular weight is 283 g/mol. The number of benzene rings is 2. The van der Waals surface area contributed by atoms with E-state index in [2.05, 4.69) is 37.9 Å². The predicted octanol–water partition coefficient (Wildman–Crippen LogP) is 4.04. The molecule has 0 aliphatic carbocycles. The van der Waals surface area contributed by atoms with Crippen LogP contribution in [0.2, 0.25) is 0 Å². The van der Waals surface area contributed by atoms with Gasteiger partial charge in [0, 0.05) is 11.8 Å². The summed E-state index contributed by atoms with van der Waals surface area (Å²) < 4.78 is 15.1. The number of anilines is 1. The molecule has 3 nitrogen and oxygen atoms in total. The molecule has 108 valence electrons. The van der Waals surface area contributed by atoms with Gasteiger partial charge in [-0.05, 0) is 35.2 Å². The summed E-state index contributed by atoms with van der Waals surface area (Å²) in [6.45, 7) is 6.52. The summed E-state index contributed by atoms with van der Waals surface area (Å²) in [6.07, 6.45) is 0. The summed E-state index contributed by atoms with van der Waals surface area (Å²) in [4.78, 5) is 4.22. The van der Waals surface area contributed by atoms with Crippen LogP contribution in [0.4, 0.5) is 10.3 Å². The Morgan fingerprint density at radius 1 is 1.05 bits per heavy atom. The number of rotatable bonds is 1. The Morgan fingerprint density at radius 2 is 1.71 bits per heavy atom. The van der Waals surface area contributed by atoms with Gasteiger partial charge in [-0.3, -0.25) is 4.57 Å². The first kappa shape index (κ1) is 13.6. The summed E-state index contributed by atoms with van der Waals surface area (Å²) in [5.41, 5.74) is 9.63. The lowest BCUT2D eigenvalue weighted by atomic mass is 9.87. The van der Waals surface area contributed by atoms with Gasteiger partial charge in [0.1, 0.15) is 5.82 Å². The first-order chi connectivity index (χ1) is 9.86. The van der Waals surface area contributed by atoms with Crippen LogP contribution >= 0.6 is 0 Å². The number of nitrogens with zero attached hydrogens (tertiary/aromatic N) is 2.